The van der Waals surface area contributed by atoms with Crippen molar-refractivity contribution in [1.29, 1.82) is 0 Å². The Morgan fingerprint density at radius 2 is 2.25 bits per heavy atom. The molecule has 2 aromatic rings. The fourth-order valence-electron chi connectivity index (χ4n) is 3.63. The van der Waals surface area contributed by atoms with Crippen molar-refractivity contribution in [2.24, 2.45) is 0 Å². The van der Waals surface area contributed by atoms with Crippen LogP contribution in [0.4, 0.5) is 5.82 Å². The summed E-state index contributed by atoms with van der Waals surface area (Å²) in [6, 6.07) is 9.93. The van der Waals surface area contributed by atoms with Crippen molar-refractivity contribution in [3.63, 3.8) is 0 Å². The molecule has 1 amide bonds. The second-order valence-electron chi connectivity index (χ2n) is 7.48. The molecule has 1 aromatic heterocycles. The number of methoxy groups -OCH3 is 1. The van der Waals surface area contributed by atoms with Gasteiger partial charge in [-0.2, -0.15) is 0 Å². The average Bonchev–Trinajstić information content (AvgIpc) is 3.18. The molecule has 0 bridgehead atoms. The number of nitrogens with two attached hydrogens (primary N) is 1. The predicted octanol–water partition coefficient (Wildman–Crippen LogP) is 2.29. The number of nitrogens with zero attached hydrogens (tertiary/aromatic N) is 4. The molecule has 1 aliphatic rings. The van der Waals surface area contributed by atoms with Crippen molar-refractivity contribution in [2.45, 2.75) is 38.3 Å². The van der Waals surface area contributed by atoms with Crippen LogP contribution in [0.5, 0.6) is 5.75 Å². The van der Waals surface area contributed by atoms with E-state index in [9.17, 15) is 4.79 Å². The van der Waals surface area contributed by atoms with E-state index in [1.165, 1.54) is 0 Å². The van der Waals surface area contributed by atoms with Gasteiger partial charge in [0.2, 0.25) is 5.91 Å². The molecule has 0 saturated carbocycles. The highest BCUT2D eigenvalue weighted by atomic mass is 16.5. The van der Waals surface area contributed by atoms with E-state index in [1.807, 2.05) is 36.2 Å². The SMILES string of the molecule is COc1cccc([C@H](C)CC(=O)N2CC[C@@H](N(C)Cc3nccc(N)n3)C2)c1. The van der Waals surface area contributed by atoms with Crippen LogP contribution in [0.1, 0.15) is 37.1 Å². The first-order valence-corrected chi connectivity index (χ1v) is 9.65. The number of amides is 1. The smallest absolute Gasteiger partial charge is 0.223 e. The zero-order valence-corrected chi connectivity index (χ0v) is 16.8. The molecule has 2 atom stereocenters. The maximum absolute atomic E-state index is 12.8. The minimum absolute atomic E-state index is 0.153. The normalized spacial score (nSPS) is 17.7. The number of ether oxygens (including phenoxy) is 1. The van der Waals surface area contributed by atoms with E-state index in [-0.39, 0.29) is 11.8 Å². The third-order valence-corrected chi connectivity index (χ3v) is 5.40. The summed E-state index contributed by atoms with van der Waals surface area (Å²) in [7, 11) is 3.70. The summed E-state index contributed by atoms with van der Waals surface area (Å²) >= 11 is 0. The van der Waals surface area contributed by atoms with Crippen molar-refractivity contribution in [1.82, 2.24) is 19.8 Å². The van der Waals surface area contributed by atoms with Crippen molar-refractivity contribution in [2.75, 3.05) is 33.0 Å². The number of hydrogen-bond acceptors (Lipinski definition) is 6. The molecule has 2 heterocycles. The predicted molar refractivity (Wildman–Crippen MR) is 109 cm³/mol. The van der Waals surface area contributed by atoms with Crippen LogP contribution in [-0.4, -0.2) is 59.0 Å². The Morgan fingerprint density at radius 1 is 1.43 bits per heavy atom. The molecule has 0 radical (unpaired) electrons. The van der Waals surface area contributed by atoms with Crippen LogP contribution in [-0.2, 0) is 11.3 Å². The Labute approximate surface area is 166 Å². The van der Waals surface area contributed by atoms with Gasteiger partial charge in [0, 0.05) is 31.7 Å². The lowest BCUT2D eigenvalue weighted by Gasteiger charge is -2.24. The van der Waals surface area contributed by atoms with Crippen LogP contribution in [0.15, 0.2) is 36.5 Å². The van der Waals surface area contributed by atoms with E-state index in [2.05, 4.69) is 21.8 Å². The Bertz CT molecular complexity index is 813. The van der Waals surface area contributed by atoms with Crippen molar-refractivity contribution in [3.05, 3.63) is 47.9 Å². The van der Waals surface area contributed by atoms with E-state index in [0.717, 1.165) is 30.8 Å². The monoisotopic (exact) mass is 383 g/mol. The third-order valence-electron chi connectivity index (χ3n) is 5.40. The van der Waals surface area contributed by atoms with E-state index in [1.54, 1.807) is 19.4 Å². The van der Waals surface area contributed by atoms with E-state index in [0.29, 0.717) is 30.6 Å². The van der Waals surface area contributed by atoms with Gasteiger partial charge in [-0.15, -0.1) is 0 Å². The fraction of sp³-hybridized carbons (Fsp3) is 0.476. The van der Waals surface area contributed by atoms with E-state index >= 15 is 0 Å². The number of hydrogen-bond donors (Lipinski definition) is 1. The Balaban J connectivity index is 1.53. The zero-order chi connectivity index (χ0) is 20.1. The van der Waals surface area contributed by atoms with Crippen molar-refractivity contribution in [3.8, 4) is 5.75 Å². The number of carbonyl (C=O) groups is 1. The summed E-state index contributed by atoms with van der Waals surface area (Å²) in [5, 5.41) is 0. The Kier molecular flexibility index (Phi) is 6.46. The minimum Gasteiger partial charge on any atom is -0.497 e. The summed E-state index contributed by atoms with van der Waals surface area (Å²) in [6.45, 7) is 4.24. The largest absolute Gasteiger partial charge is 0.497 e. The second-order valence-corrected chi connectivity index (χ2v) is 7.48. The van der Waals surface area contributed by atoms with E-state index < -0.39 is 0 Å². The van der Waals surface area contributed by atoms with Crippen LogP contribution in [0.2, 0.25) is 0 Å². The van der Waals surface area contributed by atoms with Crippen LogP contribution in [0.25, 0.3) is 0 Å². The van der Waals surface area contributed by atoms with Crippen LogP contribution < -0.4 is 10.5 Å². The van der Waals surface area contributed by atoms with Gasteiger partial charge in [-0.3, -0.25) is 9.69 Å². The first-order valence-electron chi connectivity index (χ1n) is 9.65. The van der Waals surface area contributed by atoms with Gasteiger partial charge in [0.25, 0.3) is 0 Å². The number of likely N-dealkylation sites (N-methyl/N-ethyl adjacent to an activating group) is 1. The number of likely N-dealkylation sites (tertiary alicyclic amines) is 1. The first-order chi connectivity index (χ1) is 13.5. The molecule has 150 valence electrons. The molecule has 1 aromatic carbocycles. The van der Waals surface area contributed by atoms with Gasteiger partial charge in [0.05, 0.1) is 13.7 Å². The standard InChI is InChI=1S/C21H29N5O2/c1-15(16-5-4-6-18(12-16)28-3)11-21(27)26-10-8-17(13-26)25(2)14-20-23-9-7-19(22)24-20/h4-7,9,12,15,17H,8,10-11,13-14H2,1-3H3,(H2,22,23,24)/t15-,17-/m1/s1. The molecule has 0 unspecified atom stereocenters. The highest BCUT2D eigenvalue weighted by Crippen LogP contribution is 2.25. The van der Waals surface area contributed by atoms with Gasteiger partial charge < -0.3 is 15.4 Å². The van der Waals surface area contributed by atoms with Crippen LogP contribution in [0, 0.1) is 0 Å². The fourth-order valence-corrected chi connectivity index (χ4v) is 3.63. The number of aromatic nitrogens is 2. The molecule has 7 nitrogen and oxygen atoms in total. The van der Waals surface area contributed by atoms with Crippen LogP contribution >= 0.6 is 0 Å². The van der Waals surface area contributed by atoms with Crippen LogP contribution in [0.3, 0.4) is 0 Å². The number of rotatable bonds is 7. The summed E-state index contributed by atoms with van der Waals surface area (Å²) in [6.07, 6.45) is 3.13. The van der Waals surface area contributed by atoms with Gasteiger partial charge in [-0.25, -0.2) is 9.97 Å². The minimum atomic E-state index is 0.153. The highest BCUT2D eigenvalue weighted by molar-refractivity contribution is 5.77. The lowest BCUT2D eigenvalue weighted by Crippen LogP contribution is -2.36. The van der Waals surface area contributed by atoms with Gasteiger partial charge in [0.15, 0.2) is 0 Å². The maximum atomic E-state index is 12.8. The molecule has 1 aliphatic heterocycles. The molecule has 3 rings (SSSR count). The summed E-state index contributed by atoms with van der Waals surface area (Å²) in [4.78, 5) is 25.5. The number of nitrogen functional groups attached to an aromatic ring is 1. The van der Waals surface area contributed by atoms with Gasteiger partial charge >= 0.3 is 0 Å². The Hall–Kier alpha value is -2.67. The topological polar surface area (TPSA) is 84.6 Å². The second kappa shape index (κ2) is 9.01. The average molecular weight is 383 g/mol. The van der Waals surface area contributed by atoms with Crippen molar-refractivity contribution < 1.29 is 9.53 Å². The van der Waals surface area contributed by atoms with Gasteiger partial charge in [-0.1, -0.05) is 19.1 Å². The summed E-state index contributed by atoms with van der Waals surface area (Å²) in [5.74, 6) is 2.36. The highest BCUT2D eigenvalue weighted by Gasteiger charge is 2.29. The molecular weight excluding hydrogens is 354 g/mol. The quantitative estimate of drug-likeness (QED) is 0.790. The molecule has 0 aliphatic carbocycles. The molecular formula is C21H29N5O2. The molecule has 7 heteroatoms. The van der Waals surface area contributed by atoms with Gasteiger partial charge in [-0.05, 0) is 43.1 Å². The molecule has 2 N–H and O–H groups in total. The lowest BCUT2D eigenvalue weighted by molar-refractivity contribution is -0.130. The maximum Gasteiger partial charge on any atom is 0.223 e. The molecule has 1 fully saturated rings. The number of anilines is 1. The lowest BCUT2D eigenvalue weighted by atomic mass is 9.97. The summed E-state index contributed by atoms with van der Waals surface area (Å²) < 4.78 is 5.29. The Morgan fingerprint density at radius 3 is 3.00 bits per heavy atom. The van der Waals surface area contributed by atoms with E-state index in [4.69, 9.17) is 10.5 Å². The molecule has 0 spiro atoms. The zero-order valence-electron chi connectivity index (χ0n) is 16.8. The molecule has 28 heavy (non-hydrogen) atoms. The number of benzene rings is 1. The van der Waals surface area contributed by atoms with Crippen molar-refractivity contribution >= 4 is 11.7 Å². The number of carbonyl (C=O) groups excluding carboxylic acids is 1. The first kappa shape index (κ1) is 20.1. The summed E-state index contributed by atoms with van der Waals surface area (Å²) in [5.41, 5.74) is 6.86. The van der Waals surface area contributed by atoms with Gasteiger partial charge in [0.1, 0.15) is 17.4 Å². The third kappa shape index (κ3) is 4.98. The molecule has 1 saturated heterocycles.